The summed E-state index contributed by atoms with van der Waals surface area (Å²) < 4.78 is 4.61. The third-order valence-electron chi connectivity index (χ3n) is 2.82. The van der Waals surface area contributed by atoms with Crippen molar-refractivity contribution in [2.24, 2.45) is 0 Å². The normalized spacial score (nSPS) is 15.9. The first kappa shape index (κ1) is 10.5. The van der Waals surface area contributed by atoms with Gasteiger partial charge in [-0.1, -0.05) is 18.2 Å². The number of hydrogen-bond donors (Lipinski definition) is 0. The summed E-state index contributed by atoms with van der Waals surface area (Å²) in [6, 6.07) is 6.01. The van der Waals surface area contributed by atoms with E-state index in [-0.39, 0.29) is 0 Å². The summed E-state index contributed by atoms with van der Waals surface area (Å²) in [7, 11) is 1.35. The predicted molar refractivity (Wildman–Crippen MR) is 59.1 cm³/mol. The summed E-state index contributed by atoms with van der Waals surface area (Å²) in [5, 5.41) is -0.680. The van der Waals surface area contributed by atoms with Crippen molar-refractivity contribution in [2.45, 2.75) is 24.6 Å². The Morgan fingerprint density at radius 3 is 2.87 bits per heavy atom. The zero-order valence-corrected chi connectivity index (χ0v) is 9.38. The molecule has 0 bridgehead atoms. The molecule has 15 heavy (non-hydrogen) atoms. The molecule has 0 radical (unpaired) electrons. The molecule has 2 nitrogen and oxygen atoms in total. The Bertz CT molecular complexity index is 387. The highest BCUT2D eigenvalue weighted by Crippen LogP contribution is 2.28. The average Bonchev–Trinajstić information content (AvgIpc) is 2.73. The van der Waals surface area contributed by atoms with E-state index < -0.39 is 11.3 Å². The van der Waals surface area contributed by atoms with Gasteiger partial charge in [0, 0.05) is 0 Å². The lowest BCUT2D eigenvalue weighted by atomic mass is 10.0. The number of ether oxygens (including phenoxy) is 1. The average molecular weight is 225 g/mol. The molecule has 1 aliphatic carbocycles. The molecule has 1 aliphatic rings. The summed E-state index contributed by atoms with van der Waals surface area (Å²) in [5.74, 6) is -0.394. The lowest BCUT2D eigenvalue weighted by molar-refractivity contribution is -0.140. The van der Waals surface area contributed by atoms with Gasteiger partial charge in [0.15, 0.2) is 5.38 Å². The maximum Gasteiger partial charge on any atom is 0.328 e. The lowest BCUT2D eigenvalue weighted by Crippen LogP contribution is -2.08. The van der Waals surface area contributed by atoms with Gasteiger partial charge in [-0.3, -0.25) is 4.79 Å². The Hall–Kier alpha value is -1.02. The van der Waals surface area contributed by atoms with Gasteiger partial charge in [0.05, 0.1) is 7.11 Å². The van der Waals surface area contributed by atoms with E-state index in [2.05, 4.69) is 10.8 Å². The van der Waals surface area contributed by atoms with Crippen molar-refractivity contribution in [3.8, 4) is 0 Å². The lowest BCUT2D eigenvalue weighted by Gasteiger charge is -2.09. The zero-order chi connectivity index (χ0) is 10.8. The van der Waals surface area contributed by atoms with Gasteiger partial charge in [-0.15, -0.1) is 11.6 Å². The van der Waals surface area contributed by atoms with Crippen molar-refractivity contribution in [1.82, 2.24) is 0 Å². The Morgan fingerprint density at radius 2 is 2.13 bits per heavy atom. The summed E-state index contributed by atoms with van der Waals surface area (Å²) in [5.41, 5.74) is 3.54. The Kier molecular flexibility index (Phi) is 2.96. The van der Waals surface area contributed by atoms with E-state index in [0.29, 0.717) is 0 Å². The van der Waals surface area contributed by atoms with Crippen molar-refractivity contribution in [1.29, 1.82) is 0 Å². The van der Waals surface area contributed by atoms with Gasteiger partial charge in [0.2, 0.25) is 0 Å². The minimum atomic E-state index is -0.680. The number of carbonyl (C=O) groups is 1. The van der Waals surface area contributed by atoms with Crippen LogP contribution in [0.5, 0.6) is 0 Å². The van der Waals surface area contributed by atoms with Crippen LogP contribution in [0.2, 0.25) is 0 Å². The second kappa shape index (κ2) is 4.23. The second-order valence-electron chi connectivity index (χ2n) is 3.77. The summed E-state index contributed by atoms with van der Waals surface area (Å²) in [6.45, 7) is 0. The monoisotopic (exact) mass is 224 g/mol. The van der Waals surface area contributed by atoms with Crippen molar-refractivity contribution in [3.05, 3.63) is 34.9 Å². The maximum absolute atomic E-state index is 11.3. The highest BCUT2D eigenvalue weighted by atomic mass is 35.5. The van der Waals surface area contributed by atoms with Gasteiger partial charge in [-0.2, -0.15) is 0 Å². The van der Waals surface area contributed by atoms with Crippen LogP contribution in [-0.2, 0) is 22.4 Å². The SMILES string of the molecule is COC(=O)C(Cl)c1ccc2c(c1)CCC2. The van der Waals surface area contributed by atoms with Crippen molar-refractivity contribution in [3.63, 3.8) is 0 Å². The molecule has 80 valence electrons. The first-order valence-corrected chi connectivity index (χ1v) is 5.49. The smallest absolute Gasteiger partial charge is 0.328 e. The Labute approximate surface area is 94.2 Å². The topological polar surface area (TPSA) is 26.3 Å². The molecule has 0 fully saturated rings. The quantitative estimate of drug-likeness (QED) is 0.570. The number of carbonyl (C=O) groups excluding carboxylic acids is 1. The predicted octanol–water partition coefficient (Wildman–Crippen LogP) is 2.63. The Morgan fingerprint density at radius 1 is 1.40 bits per heavy atom. The van der Waals surface area contributed by atoms with Gasteiger partial charge in [0.25, 0.3) is 0 Å². The molecule has 0 N–H and O–H groups in total. The molecule has 1 unspecified atom stereocenters. The van der Waals surface area contributed by atoms with Gasteiger partial charge >= 0.3 is 5.97 Å². The zero-order valence-electron chi connectivity index (χ0n) is 8.63. The standard InChI is InChI=1S/C12H13ClO2/c1-15-12(14)11(13)10-6-5-8-3-2-4-9(8)7-10/h5-7,11H,2-4H2,1H3. The number of esters is 1. The van der Waals surface area contributed by atoms with Gasteiger partial charge in [-0.25, -0.2) is 0 Å². The third-order valence-corrected chi connectivity index (χ3v) is 3.25. The van der Waals surface area contributed by atoms with E-state index >= 15 is 0 Å². The van der Waals surface area contributed by atoms with Crippen LogP contribution in [0.25, 0.3) is 0 Å². The van der Waals surface area contributed by atoms with Crippen LogP contribution in [-0.4, -0.2) is 13.1 Å². The summed E-state index contributed by atoms with van der Waals surface area (Å²) >= 11 is 5.98. The molecule has 0 aromatic heterocycles. The minimum Gasteiger partial charge on any atom is -0.468 e. The molecule has 3 heteroatoms. The number of halogens is 1. The number of rotatable bonds is 2. The van der Waals surface area contributed by atoms with Crippen molar-refractivity contribution in [2.75, 3.05) is 7.11 Å². The largest absolute Gasteiger partial charge is 0.468 e. The first-order valence-electron chi connectivity index (χ1n) is 5.06. The Balaban J connectivity index is 2.26. The molecule has 1 aromatic rings. The number of fused-ring (bicyclic) bond motifs is 1. The van der Waals surface area contributed by atoms with E-state index in [1.54, 1.807) is 0 Å². The fourth-order valence-corrected chi connectivity index (χ4v) is 2.21. The molecule has 1 aromatic carbocycles. The highest BCUT2D eigenvalue weighted by molar-refractivity contribution is 6.29. The number of aryl methyl sites for hydroxylation is 2. The van der Waals surface area contributed by atoms with E-state index in [4.69, 9.17) is 11.6 Å². The van der Waals surface area contributed by atoms with Crippen molar-refractivity contribution < 1.29 is 9.53 Å². The van der Waals surface area contributed by atoms with Gasteiger partial charge in [-0.05, 0) is 36.0 Å². The number of hydrogen-bond acceptors (Lipinski definition) is 2. The number of methoxy groups -OCH3 is 1. The van der Waals surface area contributed by atoms with Crippen molar-refractivity contribution >= 4 is 17.6 Å². The second-order valence-corrected chi connectivity index (χ2v) is 4.20. The van der Waals surface area contributed by atoms with E-state index in [1.165, 1.54) is 24.7 Å². The molecule has 1 atom stereocenters. The number of alkyl halides is 1. The summed E-state index contributed by atoms with van der Waals surface area (Å²) in [6.07, 6.45) is 3.43. The maximum atomic E-state index is 11.3. The molecule has 0 aliphatic heterocycles. The summed E-state index contributed by atoms with van der Waals surface area (Å²) in [4.78, 5) is 11.3. The van der Waals surface area contributed by atoms with Crippen LogP contribution in [0.1, 0.15) is 28.5 Å². The van der Waals surface area contributed by atoms with Crippen LogP contribution in [0.4, 0.5) is 0 Å². The van der Waals surface area contributed by atoms with Crippen LogP contribution >= 0.6 is 11.6 Å². The van der Waals surface area contributed by atoms with Gasteiger partial charge < -0.3 is 4.74 Å². The number of benzene rings is 1. The first-order chi connectivity index (χ1) is 7.22. The van der Waals surface area contributed by atoms with Crippen LogP contribution in [0.3, 0.4) is 0 Å². The molecule has 0 heterocycles. The fraction of sp³-hybridized carbons (Fsp3) is 0.417. The van der Waals surface area contributed by atoms with Gasteiger partial charge in [0.1, 0.15) is 0 Å². The fourth-order valence-electron chi connectivity index (χ4n) is 1.99. The van der Waals surface area contributed by atoms with E-state index in [9.17, 15) is 4.79 Å². The van der Waals surface area contributed by atoms with Crippen LogP contribution < -0.4 is 0 Å². The van der Waals surface area contributed by atoms with Crippen LogP contribution in [0.15, 0.2) is 18.2 Å². The minimum absolute atomic E-state index is 0.394. The third kappa shape index (κ3) is 2.00. The molecule has 0 spiro atoms. The molecule has 0 saturated carbocycles. The van der Waals surface area contributed by atoms with Crippen LogP contribution in [0, 0.1) is 0 Å². The van der Waals surface area contributed by atoms with E-state index in [0.717, 1.165) is 18.4 Å². The molecule has 0 amide bonds. The molecular formula is C12H13ClO2. The molecule has 2 rings (SSSR count). The highest BCUT2D eigenvalue weighted by Gasteiger charge is 2.20. The van der Waals surface area contributed by atoms with E-state index in [1.807, 2.05) is 12.1 Å². The molecule has 0 saturated heterocycles. The molecular weight excluding hydrogens is 212 g/mol.